The highest BCUT2D eigenvalue weighted by Gasteiger charge is 2.22. The molecule has 0 bridgehead atoms. The van der Waals surface area contributed by atoms with E-state index in [1.807, 2.05) is 53.4 Å². The standard InChI is InChI=1S/C19H18BrN3O/c20-17-7-5-15(6-8-17)13-19(24)23-11-9-22(10-12-23)18-4-2-1-3-16(18)14-21/h1-8H,9-13H2. The first-order valence-electron chi connectivity index (χ1n) is 7.93. The third kappa shape index (κ3) is 3.77. The van der Waals surface area contributed by atoms with Gasteiger partial charge in [0.25, 0.3) is 0 Å². The zero-order valence-electron chi connectivity index (χ0n) is 13.3. The number of anilines is 1. The highest BCUT2D eigenvalue weighted by Crippen LogP contribution is 2.21. The summed E-state index contributed by atoms with van der Waals surface area (Å²) in [5.74, 6) is 0.158. The van der Waals surface area contributed by atoms with E-state index in [0.717, 1.165) is 28.8 Å². The topological polar surface area (TPSA) is 47.3 Å². The second-order valence-corrected chi connectivity index (χ2v) is 6.72. The maximum absolute atomic E-state index is 12.5. The predicted molar refractivity (Wildman–Crippen MR) is 97.8 cm³/mol. The van der Waals surface area contributed by atoms with Gasteiger partial charge in [-0.15, -0.1) is 0 Å². The van der Waals surface area contributed by atoms with Gasteiger partial charge in [0.15, 0.2) is 0 Å². The largest absolute Gasteiger partial charge is 0.367 e. The monoisotopic (exact) mass is 383 g/mol. The number of piperazine rings is 1. The number of carbonyl (C=O) groups excluding carboxylic acids is 1. The molecule has 2 aromatic rings. The molecule has 1 fully saturated rings. The third-order valence-corrected chi connectivity index (χ3v) is 4.79. The summed E-state index contributed by atoms with van der Waals surface area (Å²) in [6.07, 6.45) is 0.433. The lowest BCUT2D eigenvalue weighted by Gasteiger charge is -2.36. The van der Waals surface area contributed by atoms with Crippen LogP contribution in [-0.4, -0.2) is 37.0 Å². The van der Waals surface area contributed by atoms with Crippen LogP contribution in [0.5, 0.6) is 0 Å². The van der Waals surface area contributed by atoms with Gasteiger partial charge in [0.2, 0.25) is 5.91 Å². The Bertz CT molecular complexity index is 759. The lowest BCUT2D eigenvalue weighted by molar-refractivity contribution is -0.130. The average molecular weight is 384 g/mol. The van der Waals surface area contributed by atoms with E-state index in [9.17, 15) is 10.1 Å². The smallest absolute Gasteiger partial charge is 0.227 e. The van der Waals surface area contributed by atoms with Crippen molar-refractivity contribution in [2.24, 2.45) is 0 Å². The van der Waals surface area contributed by atoms with Crippen LogP contribution in [0.3, 0.4) is 0 Å². The third-order valence-electron chi connectivity index (χ3n) is 4.27. The molecule has 1 aliphatic rings. The summed E-state index contributed by atoms with van der Waals surface area (Å²) >= 11 is 3.40. The van der Waals surface area contributed by atoms with Crippen molar-refractivity contribution < 1.29 is 4.79 Å². The number of hydrogen-bond acceptors (Lipinski definition) is 3. The van der Waals surface area contributed by atoms with Crippen LogP contribution in [0.15, 0.2) is 53.0 Å². The van der Waals surface area contributed by atoms with Crippen molar-refractivity contribution in [3.8, 4) is 6.07 Å². The number of para-hydroxylation sites is 1. The molecule has 1 saturated heterocycles. The summed E-state index contributed by atoms with van der Waals surface area (Å²) in [4.78, 5) is 16.6. The molecule has 1 aliphatic heterocycles. The Morgan fingerprint density at radius 3 is 2.38 bits per heavy atom. The van der Waals surface area contributed by atoms with Gasteiger partial charge in [-0.25, -0.2) is 0 Å². The van der Waals surface area contributed by atoms with Crippen LogP contribution in [0, 0.1) is 11.3 Å². The molecule has 1 heterocycles. The molecule has 3 rings (SSSR count). The fraction of sp³-hybridized carbons (Fsp3) is 0.263. The number of hydrogen-bond donors (Lipinski definition) is 0. The Kier molecular flexibility index (Phi) is 5.17. The average Bonchev–Trinajstić information content (AvgIpc) is 2.63. The molecule has 0 aliphatic carbocycles. The fourth-order valence-electron chi connectivity index (χ4n) is 2.93. The van der Waals surface area contributed by atoms with Crippen molar-refractivity contribution in [2.45, 2.75) is 6.42 Å². The zero-order valence-corrected chi connectivity index (χ0v) is 14.9. The molecule has 0 spiro atoms. The van der Waals surface area contributed by atoms with Crippen LogP contribution in [-0.2, 0) is 11.2 Å². The minimum Gasteiger partial charge on any atom is -0.367 e. The molecule has 4 nitrogen and oxygen atoms in total. The van der Waals surface area contributed by atoms with Gasteiger partial charge >= 0.3 is 0 Å². The minimum atomic E-state index is 0.158. The molecule has 0 N–H and O–H groups in total. The van der Waals surface area contributed by atoms with E-state index in [1.54, 1.807) is 0 Å². The van der Waals surface area contributed by atoms with Gasteiger partial charge in [-0.05, 0) is 29.8 Å². The van der Waals surface area contributed by atoms with E-state index in [-0.39, 0.29) is 5.91 Å². The fourth-order valence-corrected chi connectivity index (χ4v) is 3.19. The number of nitrogens with zero attached hydrogens (tertiary/aromatic N) is 3. The first kappa shape index (κ1) is 16.5. The van der Waals surface area contributed by atoms with E-state index >= 15 is 0 Å². The van der Waals surface area contributed by atoms with Crippen LogP contribution in [0.25, 0.3) is 0 Å². The highest BCUT2D eigenvalue weighted by atomic mass is 79.9. The van der Waals surface area contributed by atoms with Gasteiger partial charge < -0.3 is 9.80 Å². The van der Waals surface area contributed by atoms with Crippen molar-refractivity contribution >= 4 is 27.5 Å². The van der Waals surface area contributed by atoms with Crippen molar-refractivity contribution in [3.63, 3.8) is 0 Å². The summed E-state index contributed by atoms with van der Waals surface area (Å²) in [6, 6.07) is 17.7. The first-order valence-corrected chi connectivity index (χ1v) is 8.73. The predicted octanol–water partition coefficient (Wildman–Crippen LogP) is 3.21. The summed E-state index contributed by atoms with van der Waals surface area (Å²) in [5.41, 5.74) is 2.67. The Morgan fingerprint density at radius 2 is 1.71 bits per heavy atom. The van der Waals surface area contributed by atoms with Crippen molar-refractivity contribution in [1.29, 1.82) is 5.26 Å². The molecule has 24 heavy (non-hydrogen) atoms. The second-order valence-electron chi connectivity index (χ2n) is 5.80. The van der Waals surface area contributed by atoms with Crippen LogP contribution < -0.4 is 4.90 Å². The number of rotatable bonds is 3. The molecular formula is C19H18BrN3O. The second kappa shape index (κ2) is 7.50. The molecule has 122 valence electrons. The normalized spacial score (nSPS) is 14.3. The van der Waals surface area contributed by atoms with E-state index in [2.05, 4.69) is 26.9 Å². The summed E-state index contributed by atoms with van der Waals surface area (Å²) in [5, 5.41) is 9.23. The van der Waals surface area contributed by atoms with E-state index in [4.69, 9.17) is 0 Å². The molecule has 2 aromatic carbocycles. The molecule has 0 atom stereocenters. The minimum absolute atomic E-state index is 0.158. The summed E-state index contributed by atoms with van der Waals surface area (Å²) in [7, 11) is 0. The Hall–Kier alpha value is -2.32. The van der Waals surface area contributed by atoms with Crippen LogP contribution in [0.2, 0.25) is 0 Å². The van der Waals surface area contributed by atoms with Crippen molar-refractivity contribution in [2.75, 3.05) is 31.1 Å². The highest BCUT2D eigenvalue weighted by molar-refractivity contribution is 9.10. The zero-order chi connectivity index (χ0) is 16.9. The molecule has 0 radical (unpaired) electrons. The summed E-state index contributed by atoms with van der Waals surface area (Å²) < 4.78 is 1.02. The van der Waals surface area contributed by atoms with E-state index in [1.165, 1.54) is 0 Å². The Morgan fingerprint density at radius 1 is 1.04 bits per heavy atom. The maximum Gasteiger partial charge on any atom is 0.227 e. The maximum atomic E-state index is 12.5. The Labute approximate surface area is 150 Å². The van der Waals surface area contributed by atoms with Crippen LogP contribution in [0.4, 0.5) is 5.69 Å². The number of halogens is 1. The van der Waals surface area contributed by atoms with Gasteiger partial charge in [0, 0.05) is 30.7 Å². The van der Waals surface area contributed by atoms with Gasteiger partial charge in [0.05, 0.1) is 17.7 Å². The van der Waals surface area contributed by atoms with Crippen molar-refractivity contribution in [3.05, 3.63) is 64.1 Å². The molecule has 0 aromatic heterocycles. The first-order chi connectivity index (χ1) is 11.7. The number of amides is 1. The SMILES string of the molecule is N#Cc1ccccc1N1CCN(C(=O)Cc2ccc(Br)cc2)CC1. The molecular weight excluding hydrogens is 366 g/mol. The molecule has 0 saturated carbocycles. The Balaban J connectivity index is 1.59. The van der Waals surface area contributed by atoms with Gasteiger partial charge in [-0.3, -0.25) is 4.79 Å². The summed E-state index contributed by atoms with van der Waals surface area (Å²) in [6.45, 7) is 2.89. The van der Waals surface area contributed by atoms with Crippen LogP contribution in [0.1, 0.15) is 11.1 Å². The number of carbonyl (C=O) groups is 1. The van der Waals surface area contributed by atoms with Crippen molar-refractivity contribution in [1.82, 2.24) is 4.90 Å². The number of benzene rings is 2. The number of nitriles is 1. The van der Waals surface area contributed by atoms with E-state index < -0.39 is 0 Å². The van der Waals surface area contributed by atoms with Gasteiger partial charge in [-0.1, -0.05) is 40.2 Å². The van der Waals surface area contributed by atoms with Crippen LogP contribution >= 0.6 is 15.9 Å². The van der Waals surface area contributed by atoms with Gasteiger partial charge in [-0.2, -0.15) is 5.26 Å². The lowest BCUT2D eigenvalue weighted by Crippen LogP contribution is -2.49. The molecule has 5 heteroatoms. The lowest BCUT2D eigenvalue weighted by atomic mass is 10.1. The van der Waals surface area contributed by atoms with E-state index in [0.29, 0.717) is 25.1 Å². The molecule has 0 unspecified atom stereocenters. The molecule has 1 amide bonds. The quantitative estimate of drug-likeness (QED) is 0.817. The van der Waals surface area contributed by atoms with Gasteiger partial charge in [0.1, 0.15) is 6.07 Å².